The minimum absolute atomic E-state index is 0.0256. The normalized spacial score (nSPS) is 14.6. The van der Waals surface area contributed by atoms with E-state index >= 15 is 0 Å². The van der Waals surface area contributed by atoms with Gasteiger partial charge in [-0.1, -0.05) is 30.3 Å². The molecule has 4 rings (SSSR count). The van der Waals surface area contributed by atoms with Crippen molar-refractivity contribution in [1.82, 2.24) is 19.8 Å². The third kappa shape index (κ3) is 4.22. The summed E-state index contributed by atoms with van der Waals surface area (Å²) in [5, 5.41) is 3.44. The van der Waals surface area contributed by atoms with E-state index in [2.05, 4.69) is 22.3 Å². The lowest BCUT2D eigenvalue weighted by Gasteiger charge is -2.19. The number of amides is 1. The van der Waals surface area contributed by atoms with Crippen molar-refractivity contribution < 1.29 is 4.79 Å². The molecule has 0 spiro atoms. The maximum absolute atomic E-state index is 13.1. The molecule has 1 amide bonds. The van der Waals surface area contributed by atoms with Crippen LogP contribution in [0.15, 0.2) is 53.3 Å². The Morgan fingerprint density at radius 1 is 1.10 bits per heavy atom. The van der Waals surface area contributed by atoms with E-state index in [9.17, 15) is 9.59 Å². The minimum Gasteiger partial charge on any atom is -0.350 e. The van der Waals surface area contributed by atoms with E-state index in [0.717, 1.165) is 25.5 Å². The zero-order valence-electron chi connectivity index (χ0n) is 16.9. The molecule has 29 heavy (non-hydrogen) atoms. The minimum atomic E-state index is -0.146. The van der Waals surface area contributed by atoms with Crippen LogP contribution < -0.4 is 10.9 Å². The maximum atomic E-state index is 13.1. The van der Waals surface area contributed by atoms with E-state index in [4.69, 9.17) is 4.98 Å². The van der Waals surface area contributed by atoms with E-state index in [-0.39, 0.29) is 17.5 Å². The van der Waals surface area contributed by atoms with Crippen molar-refractivity contribution in [2.75, 3.05) is 13.1 Å². The molecule has 0 atom stereocenters. The van der Waals surface area contributed by atoms with Crippen molar-refractivity contribution in [3.63, 3.8) is 0 Å². The molecular formula is C23H26N4O2. The highest BCUT2D eigenvalue weighted by Crippen LogP contribution is 2.15. The summed E-state index contributed by atoms with van der Waals surface area (Å²) in [4.78, 5) is 32.5. The van der Waals surface area contributed by atoms with Crippen LogP contribution in [0.5, 0.6) is 0 Å². The predicted octanol–water partition coefficient (Wildman–Crippen LogP) is 2.59. The number of hydrogen-bond acceptors (Lipinski definition) is 4. The lowest BCUT2D eigenvalue weighted by Crippen LogP contribution is -2.30. The highest BCUT2D eigenvalue weighted by atomic mass is 16.1. The highest BCUT2D eigenvalue weighted by Gasteiger charge is 2.18. The van der Waals surface area contributed by atoms with Gasteiger partial charge in [-0.3, -0.25) is 19.1 Å². The number of rotatable bonds is 4. The molecule has 0 unspecified atom stereocenters. The molecule has 1 aliphatic rings. The molecule has 3 aromatic rings. The largest absolute Gasteiger partial charge is 0.350 e. The van der Waals surface area contributed by atoms with Crippen molar-refractivity contribution in [2.45, 2.75) is 39.4 Å². The predicted molar refractivity (Wildman–Crippen MR) is 114 cm³/mol. The van der Waals surface area contributed by atoms with E-state index < -0.39 is 0 Å². The molecule has 1 aliphatic heterocycles. The summed E-state index contributed by atoms with van der Waals surface area (Å²) in [5.41, 5.74) is 2.36. The fourth-order valence-electron chi connectivity index (χ4n) is 3.79. The van der Waals surface area contributed by atoms with Gasteiger partial charge in [-0.25, -0.2) is 4.98 Å². The number of benzene rings is 2. The Morgan fingerprint density at radius 3 is 2.66 bits per heavy atom. The molecule has 6 heteroatoms. The molecule has 2 heterocycles. The third-order valence-electron chi connectivity index (χ3n) is 5.26. The average molecular weight is 390 g/mol. The number of hydrogen-bond donors (Lipinski definition) is 1. The first-order chi connectivity index (χ1) is 14.0. The molecular weight excluding hydrogens is 364 g/mol. The van der Waals surface area contributed by atoms with Gasteiger partial charge >= 0.3 is 0 Å². The van der Waals surface area contributed by atoms with Crippen LogP contribution in [-0.2, 0) is 19.5 Å². The summed E-state index contributed by atoms with van der Waals surface area (Å²) >= 11 is 0. The van der Waals surface area contributed by atoms with Crippen molar-refractivity contribution >= 4 is 16.8 Å². The molecule has 1 N–H and O–H groups in total. The van der Waals surface area contributed by atoms with Gasteiger partial charge in [0, 0.05) is 44.2 Å². The van der Waals surface area contributed by atoms with Gasteiger partial charge in [0.2, 0.25) is 0 Å². The highest BCUT2D eigenvalue weighted by molar-refractivity contribution is 5.97. The van der Waals surface area contributed by atoms with Gasteiger partial charge in [0.15, 0.2) is 0 Å². The molecule has 150 valence electrons. The van der Waals surface area contributed by atoms with Crippen LogP contribution in [0.1, 0.15) is 35.6 Å². The molecule has 6 nitrogen and oxygen atoms in total. The Labute approximate surface area is 170 Å². The Kier molecular flexibility index (Phi) is 5.45. The third-order valence-corrected chi connectivity index (χ3v) is 5.26. The van der Waals surface area contributed by atoms with Crippen LogP contribution in [-0.4, -0.2) is 39.5 Å². The van der Waals surface area contributed by atoms with E-state index in [0.29, 0.717) is 29.4 Å². The van der Waals surface area contributed by atoms with Gasteiger partial charge in [0.05, 0.1) is 10.9 Å². The number of aromatic nitrogens is 2. The van der Waals surface area contributed by atoms with E-state index in [1.165, 1.54) is 5.56 Å². The zero-order valence-corrected chi connectivity index (χ0v) is 16.9. The number of nitrogens with zero attached hydrogens (tertiary/aromatic N) is 3. The lowest BCUT2D eigenvalue weighted by atomic mass is 10.1. The summed E-state index contributed by atoms with van der Waals surface area (Å²) in [5.74, 6) is 0.646. The molecule has 2 aromatic carbocycles. The molecule has 0 saturated heterocycles. The van der Waals surface area contributed by atoms with Crippen LogP contribution in [0.3, 0.4) is 0 Å². The Hall–Kier alpha value is -2.99. The van der Waals surface area contributed by atoms with Gasteiger partial charge in [-0.15, -0.1) is 0 Å². The van der Waals surface area contributed by atoms with Crippen LogP contribution in [0.2, 0.25) is 0 Å². The fourth-order valence-corrected chi connectivity index (χ4v) is 3.79. The smallest absolute Gasteiger partial charge is 0.261 e. The topological polar surface area (TPSA) is 67.2 Å². The van der Waals surface area contributed by atoms with Crippen LogP contribution in [0.25, 0.3) is 10.9 Å². The van der Waals surface area contributed by atoms with Crippen LogP contribution >= 0.6 is 0 Å². The Balaban J connectivity index is 1.61. The molecule has 0 fully saturated rings. The summed E-state index contributed by atoms with van der Waals surface area (Å²) in [6.07, 6.45) is 0.709. The number of carbonyl (C=O) groups is 1. The fraction of sp³-hybridized carbons (Fsp3) is 0.348. The Bertz CT molecular complexity index is 1090. The van der Waals surface area contributed by atoms with Crippen molar-refractivity contribution in [2.24, 2.45) is 0 Å². The first-order valence-corrected chi connectivity index (χ1v) is 10.1. The summed E-state index contributed by atoms with van der Waals surface area (Å²) in [7, 11) is 0. The van der Waals surface area contributed by atoms with Gasteiger partial charge in [0.1, 0.15) is 5.82 Å². The van der Waals surface area contributed by atoms with Crippen molar-refractivity contribution in [1.29, 1.82) is 0 Å². The molecule has 0 radical (unpaired) electrons. The number of fused-ring (bicyclic) bond motifs is 2. The second-order valence-electron chi connectivity index (χ2n) is 7.86. The van der Waals surface area contributed by atoms with E-state index in [1.54, 1.807) is 22.8 Å². The zero-order chi connectivity index (χ0) is 20.4. The summed E-state index contributed by atoms with van der Waals surface area (Å²) in [6.45, 7) is 6.99. The van der Waals surface area contributed by atoms with Gasteiger partial charge in [-0.05, 0) is 37.6 Å². The lowest BCUT2D eigenvalue weighted by molar-refractivity contribution is 0.0943. The quantitative estimate of drug-likeness (QED) is 0.744. The molecule has 1 aromatic heterocycles. The standard InChI is InChI=1S/C23H26N4O2/c1-16(2)24-22(28)18-8-9-19-20(14-18)25-21-10-11-26(12-13-27(21)23(19)29)15-17-6-4-3-5-7-17/h3-9,14,16H,10-13,15H2,1-2H3,(H,24,28). The molecule has 0 bridgehead atoms. The van der Waals surface area contributed by atoms with Crippen LogP contribution in [0, 0.1) is 0 Å². The van der Waals surface area contributed by atoms with E-state index in [1.807, 2.05) is 32.0 Å². The van der Waals surface area contributed by atoms with Gasteiger partial charge < -0.3 is 5.32 Å². The number of carbonyl (C=O) groups excluding carboxylic acids is 1. The molecule has 0 aliphatic carbocycles. The summed E-state index contributed by atoms with van der Waals surface area (Å²) in [6, 6.07) is 15.6. The monoisotopic (exact) mass is 390 g/mol. The van der Waals surface area contributed by atoms with Crippen molar-refractivity contribution in [3.8, 4) is 0 Å². The first-order valence-electron chi connectivity index (χ1n) is 10.1. The SMILES string of the molecule is CC(C)NC(=O)c1ccc2c(=O)n3c(nc2c1)CCN(Cc1ccccc1)CC3. The van der Waals surface area contributed by atoms with Gasteiger partial charge in [-0.2, -0.15) is 0 Å². The van der Waals surface area contributed by atoms with Crippen LogP contribution in [0.4, 0.5) is 0 Å². The molecule has 0 saturated carbocycles. The first kappa shape index (κ1) is 19.3. The summed E-state index contributed by atoms with van der Waals surface area (Å²) < 4.78 is 1.79. The second kappa shape index (κ2) is 8.17. The maximum Gasteiger partial charge on any atom is 0.261 e. The van der Waals surface area contributed by atoms with Gasteiger partial charge in [0.25, 0.3) is 11.5 Å². The average Bonchev–Trinajstić information content (AvgIpc) is 2.91. The van der Waals surface area contributed by atoms with Crippen molar-refractivity contribution in [3.05, 3.63) is 75.8 Å². The number of nitrogens with one attached hydrogen (secondary N) is 1. The second-order valence-corrected chi connectivity index (χ2v) is 7.86. The Morgan fingerprint density at radius 2 is 1.90 bits per heavy atom.